The average Bonchev–Trinajstić information content (AvgIpc) is 2.94. The second-order valence-electron chi connectivity index (χ2n) is 13.2. The molecule has 3 unspecified atom stereocenters. The smallest absolute Gasteiger partial charge is 0.391 e. The summed E-state index contributed by atoms with van der Waals surface area (Å²) in [7, 11) is 1.60. The van der Waals surface area contributed by atoms with Gasteiger partial charge in [-0.3, -0.25) is 13.8 Å². The van der Waals surface area contributed by atoms with Crippen LogP contribution in [0.25, 0.3) is 0 Å². The van der Waals surface area contributed by atoms with Crippen molar-refractivity contribution in [3.8, 4) is 0 Å². The number of aliphatic hydroxyl groups excluding tert-OH is 1. The van der Waals surface area contributed by atoms with E-state index < -0.39 is 20.0 Å². The highest BCUT2D eigenvalue weighted by atomic mass is 31.2. The molecule has 3 N–H and O–H groups in total. The van der Waals surface area contributed by atoms with Crippen LogP contribution in [0.4, 0.5) is 0 Å². The molecule has 0 heterocycles. The van der Waals surface area contributed by atoms with Crippen molar-refractivity contribution in [2.75, 3.05) is 40.9 Å². The van der Waals surface area contributed by atoms with Gasteiger partial charge in [-0.15, -0.1) is 0 Å². The molecule has 0 aromatic rings. The van der Waals surface area contributed by atoms with Gasteiger partial charge in [-0.2, -0.15) is 0 Å². The molecule has 0 fully saturated rings. The second kappa shape index (κ2) is 27.5. The summed E-state index contributed by atoms with van der Waals surface area (Å²) < 4.78 is 23.3. The molecule has 0 saturated carbocycles. The van der Waals surface area contributed by atoms with Gasteiger partial charge in [0.05, 0.1) is 39.9 Å². The number of carbonyl (C=O) groups is 1. The molecule has 43 heavy (non-hydrogen) atoms. The summed E-state index contributed by atoms with van der Waals surface area (Å²) in [6.07, 6.45) is 26.8. The third-order valence-corrected chi connectivity index (χ3v) is 8.75. The predicted molar refractivity (Wildman–Crippen MR) is 180 cm³/mol. The van der Waals surface area contributed by atoms with Crippen LogP contribution >= 0.6 is 7.82 Å². The molecule has 3 atom stereocenters. The normalized spacial score (nSPS) is 15.0. The fraction of sp³-hybridized carbons (Fsp3) is 0.912. The number of aliphatic hydroxyl groups is 1. The lowest BCUT2D eigenvalue weighted by atomic mass is 10.0. The molecule has 0 bridgehead atoms. The minimum atomic E-state index is -4.29. The molecule has 0 aliphatic rings. The van der Waals surface area contributed by atoms with E-state index in [1.54, 1.807) is 0 Å². The Hall–Kier alpha value is -0.760. The molecule has 0 aromatic carbocycles. The van der Waals surface area contributed by atoms with E-state index >= 15 is 0 Å². The van der Waals surface area contributed by atoms with Gasteiger partial charge < -0.3 is 19.8 Å². The first kappa shape index (κ1) is 42.2. The number of carbonyl (C=O) groups excluding carboxylic acids is 1. The van der Waals surface area contributed by atoms with Crippen molar-refractivity contribution >= 4 is 13.7 Å². The molecule has 1 amide bonds. The van der Waals surface area contributed by atoms with Gasteiger partial charge in [0.25, 0.3) is 0 Å². The van der Waals surface area contributed by atoms with Crippen molar-refractivity contribution in [3.05, 3.63) is 12.2 Å². The third kappa shape index (κ3) is 29.7. The maximum atomic E-state index is 12.7. The number of rotatable bonds is 31. The standard InChI is InChI=1S/C34H69N2O6P/c1-6-8-10-12-14-15-16-17-18-19-20-21-22-24-26-28-34(38)35-32(33(37)27-25-23-13-11-9-7-2)31-42-43(39,40)41-30-29-36(3,4)5/h17-18,32-33,37H,6-16,19-31H2,1-5H3,(H-,35,38,39,40)/p+1/b18-17-. The highest BCUT2D eigenvalue weighted by molar-refractivity contribution is 7.47. The molecule has 0 aliphatic carbocycles. The zero-order valence-electron chi connectivity index (χ0n) is 28.7. The van der Waals surface area contributed by atoms with Crippen LogP contribution in [0.3, 0.4) is 0 Å². The van der Waals surface area contributed by atoms with Crippen molar-refractivity contribution in [2.45, 2.75) is 161 Å². The summed E-state index contributed by atoms with van der Waals surface area (Å²) in [5.41, 5.74) is 0. The number of likely N-dealkylation sites (N-methyl/N-ethyl adjacent to an activating group) is 1. The first-order valence-corrected chi connectivity index (χ1v) is 19.0. The van der Waals surface area contributed by atoms with Crippen LogP contribution in [0.15, 0.2) is 12.2 Å². The number of nitrogens with one attached hydrogen (secondary N) is 1. The summed E-state index contributed by atoms with van der Waals surface area (Å²) >= 11 is 0. The van der Waals surface area contributed by atoms with E-state index in [1.165, 1.54) is 70.6 Å². The molecule has 0 spiro atoms. The number of allylic oxidation sites excluding steroid dienone is 2. The summed E-state index contributed by atoms with van der Waals surface area (Å²) in [4.78, 5) is 22.8. The van der Waals surface area contributed by atoms with E-state index in [0.717, 1.165) is 51.4 Å². The molecule has 0 aromatic heterocycles. The van der Waals surface area contributed by atoms with Gasteiger partial charge in [0.15, 0.2) is 0 Å². The molecule has 256 valence electrons. The fourth-order valence-corrected chi connectivity index (χ4v) is 5.60. The Balaban J connectivity index is 4.38. The number of nitrogens with zero attached hydrogens (tertiary/aromatic N) is 1. The SMILES string of the molecule is CCCCCCCC/C=C\CCCCCCCC(=O)NC(COP(=O)(O)OCC[N+](C)(C)C)C(O)CCCCCCCC. The maximum absolute atomic E-state index is 12.7. The summed E-state index contributed by atoms with van der Waals surface area (Å²) in [5, 5.41) is 13.7. The van der Waals surface area contributed by atoms with Crippen molar-refractivity contribution in [3.63, 3.8) is 0 Å². The van der Waals surface area contributed by atoms with Crippen LogP contribution in [0.1, 0.15) is 149 Å². The monoisotopic (exact) mass is 633 g/mol. The van der Waals surface area contributed by atoms with Gasteiger partial charge in [0.2, 0.25) is 5.91 Å². The quantitative estimate of drug-likeness (QED) is 0.0306. The average molecular weight is 634 g/mol. The van der Waals surface area contributed by atoms with Crippen LogP contribution in [0, 0.1) is 0 Å². The zero-order valence-corrected chi connectivity index (χ0v) is 29.6. The lowest BCUT2D eigenvalue weighted by Crippen LogP contribution is -2.46. The Bertz CT molecular complexity index is 728. The van der Waals surface area contributed by atoms with E-state index in [2.05, 4.69) is 31.3 Å². The summed E-state index contributed by atoms with van der Waals surface area (Å²) in [5.74, 6) is -0.160. The number of phosphoric acid groups is 1. The predicted octanol–water partition coefficient (Wildman–Crippen LogP) is 8.46. The second-order valence-corrected chi connectivity index (χ2v) is 14.7. The van der Waals surface area contributed by atoms with Crippen molar-refractivity contribution in [1.82, 2.24) is 5.32 Å². The Morgan fingerprint density at radius 3 is 1.79 bits per heavy atom. The molecule has 0 radical (unpaired) electrons. The summed E-state index contributed by atoms with van der Waals surface area (Å²) in [6.45, 7) is 4.78. The van der Waals surface area contributed by atoms with E-state index in [9.17, 15) is 19.4 Å². The van der Waals surface area contributed by atoms with E-state index in [0.29, 0.717) is 23.9 Å². The van der Waals surface area contributed by atoms with E-state index in [1.807, 2.05) is 21.1 Å². The Morgan fingerprint density at radius 1 is 0.767 bits per heavy atom. The van der Waals surface area contributed by atoms with Gasteiger partial charge in [0, 0.05) is 6.42 Å². The van der Waals surface area contributed by atoms with Crippen LogP contribution < -0.4 is 5.32 Å². The number of phosphoric ester groups is 1. The Kier molecular flexibility index (Phi) is 27.1. The molecular formula is C34H70N2O6P+. The highest BCUT2D eigenvalue weighted by Crippen LogP contribution is 2.43. The number of hydrogen-bond donors (Lipinski definition) is 3. The molecular weight excluding hydrogens is 563 g/mol. The van der Waals surface area contributed by atoms with Gasteiger partial charge in [-0.25, -0.2) is 4.57 Å². The fourth-order valence-electron chi connectivity index (χ4n) is 4.86. The molecule has 9 heteroatoms. The van der Waals surface area contributed by atoms with Crippen LogP contribution in [-0.4, -0.2) is 73.4 Å². The number of quaternary nitrogens is 1. The van der Waals surface area contributed by atoms with Crippen LogP contribution in [0.2, 0.25) is 0 Å². The van der Waals surface area contributed by atoms with Gasteiger partial charge >= 0.3 is 7.82 Å². The van der Waals surface area contributed by atoms with Gasteiger partial charge in [-0.05, 0) is 38.5 Å². The minimum absolute atomic E-state index is 0.0735. The molecule has 0 rings (SSSR count). The summed E-state index contributed by atoms with van der Waals surface area (Å²) in [6, 6.07) is -0.756. The zero-order chi connectivity index (χ0) is 32.2. The Labute approximate surface area is 265 Å². The van der Waals surface area contributed by atoms with E-state index in [4.69, 9.17) is 9.05 Å². The lowest BCUT2D eigenvalue weighted by Gasteiger charge is -2.26. The van der Waals surface area contributed by atoms with Crippen LogP contribution in [0.5, 0.6) is 0 Å². The first-order valence-electron chi connectivity index (χ1n) is 17.6. The largest absolute Gasteiger partial charge is 0.472 e. The molecule has 0 aliphatic heterocycles. The van der Waals surface area contributed by atoms with Crippen molar-refractivity contribution in [1.29, 1.82) is 0 Å². The van der Waals surface area contributed by atoms with Crippen molar-refractivity contribution < 1.29 is 32.9 Å². The third-order valence-electron chi connectivity index (χ3n) is 7.76. The van der Waals surface area contributed by atoms with Gasteiger partial charge in [0.1, 0.15) is 13.2 Å². The van der Waals surface area contributed by atoms with Crippen LogP contribution in [-0.2, 0) is 18.4 Å². The number of hydrogen-bond acceptors (Lipinski definition) is 5. The Morgan fingerprint density at radius 2 is 1.26 bits per heavy atom. The highest BCUT2D eigenvalue weighted by Gasteiger charge is 2.28. The number of unbranched alkanes of at least 4 members (excludes halogenated alkanes) is 16. The lowest BCUT2D eigenvalue weighted by molar-refractivity contribution is -0.870. The number of amides is 1. The minimum Gasteiger partial charge on any atom is -0.391 e. The topological polar surface area (TPSA) is 105 Å². The first-order chi connectivity index (χ1) is 20.5. The molecule has 0 saturated heterocycles. The van der Waals surface area contributed by atoms with E-state index in [-0.39, 0.29) is 19.1 Å². The van der Waals surface area contributed by atoms with Crippen molar-refractivity contribution in [2.24, 2.45) is 0 Å². The molecule has 8 nitrogen and oxygen atoms in total. The maximum Gasteiger partial charge on any atom is 0.472 e. The van der Waals surface area contributed by atoms with Gasteiger partial charge in [-0.1, -0.05) is 116 Å².